The van der Waals surface area contributed by atoms with Gasteiger partial charge >= 0.3 is 0 Å². The zero-order valence-corrected chi connectivity index (χ0v) is 19.7. The molecule has 0 aromatic heterocycles. The molecule has 1 N–H and O–H groups in total. The molecular weight excluding hydrogens is 417 g/mol. The van der Waals surface area contributed by atoms with Gasteiger partial charge in [0.1, 0.15) is 29.4 Å². The van der Waals surface area contributed by atoms with Gasteiger partial charge in [0.2, 0.25) is 0 Å². The van der Waals surface area contributed by atoms with E-state index < -0.39 is 5.60 Å². The highest BCUT2D eigenvalue weighted by molar-refractivity contribution is 5.54. The maximum Gasteiger partial charge on any atom is 0.132 e. The van der Waals surface area contributed by atoms with E-state index in [4.69, 9.17) is 14.2 Å². The number of fused-ring (bicyclic) bond motifs is 1. The van der Waals surface area contributed by atoms with E-state index in [1.165, 1.54) is 17.7 Å². The predicted molar refractivity (Wildman–Crippen MR) is 129 cm³/mol. The number of nitrogens with one attached hydrogen (secondary N) is 1. The number of benzene rings is 3. The lowest BCUT2D eigenvalue weighted by Gasteiger charge is -2.44. The fourth-order valence-corrected chi connectivity index (χ4v) is 4.25. The fraction of sp³-hybridized carbons (Fsp3) is 0.357. The molecule has 174 valence electrons. The molecule has 5 heteroatoms. The van der Waals surface area contributed by atoms with Gasteiger partial charge in [-0.05, 0) is 74.7 Å². The number of hydrogen-bond acceptors (Lipinski definition) is 4. The van der Waals surface area contributed by atoms with Crippen LogP contribution >= 0.6 is 0 Å². The zero-order chi connectivity index (χ0) is 23.4. The highest BCUT2D eigenvalue weighted by Crippen LogP contribution is 2.44. The van der Waals surface area contributed by atoms with Crippen LogP contribution in [-0.4, -0.2) is 18.3 Å². The molecule has 0 aliphatic carbocycles. The SMILES string of the molecule is CCOC1c2cc(NCc3ccc(F)cc3)ccc2OC(C)(C)C1OCc1ccccc1C. The maximum absolute atomic E-state index is 13.2. The number of ether oxygens (including phenoxy) is 3. The van der Waals surface area contributed by atoms with E-state index in [9.17, 15) is 4.39 Å². The minimum absolute atomic E-state index is 0.233. The van der Waals surface area contributed by atoms with Gasteiger partial charge in [-0.25, -0.2) is 4.39 Å². The summed E-state index contributed by atoms with van der Waals surface area (Å²) in [5.41, 5.74) is 4.72. The lowest BCUT2D eigenvalue weighted by molar-refractivity contribution is -0.166. The third-order valence-corrected chi connectivity index (χ3v) is 6.09. The van der Waals surface area contributed by atoms with E-state index in [0.717, 1.165) is 28.1 Å². The van der Waals surface area contributed by atoms with Crippen molar-refractivity contribution in [1.29, 1.82) is 0 Å². The topological polar surface area (TPSA) is 39.7 Å². The molecule has 0 radical (unpaired) electrons. The number of hydrogen-bond donors (Lipinski definition) is 1. The Labute approximate surface area is 195 Å². The van der Waals surface area contributed by atoms with Crippen molar-refractivity contribution in [3.63, 3.8) is 0 Å². The first-order chi connectivity index (χ1) is 15.9. The van der Waals surface area contributed by atoms with Crippen LogP contribution in [-0.2, 0) is 22.6 Å². The first-order valence-electron chi connectivity index (χ1n) is 11.5. The second kappa shape index (κ2) is 9.94. The number of halogens is 1. The summed E-state index contributed by atoms with van der Waals surface area (Å²) in [6.07, 6.45) is -0.540. The smallest absolute Gasteiger partial charge is 0.132 e. The van der Waals surface area contributed by atoms with Gasteiger partial charge in [0.25, 0.3) is 0 Å². The summed E-state index contributed by atoms with van der Waals surface area (Å²) >= 11 is 0. The van der Waals surface area contributed by atoms with E-state index in [1.807, 2.05) is 45.0 Å². The van der Waals surface area contributed by atoms with Crippen molar-refractivity contribution in [2.24, 2.45) is 0 Å². The summed E-state index contributed by atoms with van der Waals surface area (Å²) in [7, 11) is 0. The summed E-state index contributed by atoms with van der Waals surface area (Å²) in [6, 6.07) is 20.8. The lowest BCUT2D eigenvalue weighted by Crippen LogP contribution is -2.51. The molecule has 33 heavy (non-hydrogen) atoms. The molecule has 0 bridgehead atoms. The quantitative estimate of drug-likeness (QED) is 0.422. The highest BCUT2D eigenvalue weighted by Gasteiger charge is 2.45. The molecule has 0 spiro atoms. The van der Waals surface area contributed by atoms with Crippen LogP contribution in [0.5, 0.6) is 5.75 Å². The Balaban J connectivity index is 1.56. The Hall–Kier alpha value is -2.89. The largest absolute Gasteiger partial charge is 0.485 e. The first-order valence-corrected chi connectivity index (χ1v) is 11.5. The van der Waals surface area contributed by atoms with Crippen LogP contribution in [0.3, 0.4) is 0 Å². The van der Waals surface area contributed by atoms with E-state index in [1.54, 1.807) is 12.1 Å². The number of anilines is 1. The Morgan fingerprint density at radius 2 is 1.76 bits per heavy atom. The van der Waals surface area contributed by atoms with Crippen molar-refractivity contribution in [3.8, 4) is 5.75 Å². The monoisotopic (exact) mass is 449 g/mol. The van der Waals surface area contributed by atoms with Crippen molar-refractivity contribution >= 4 is 5.69 Å². The molecule has 3 aromatic rings. The van der Waals surface area contributed by atoms with Crippen LogP contribution in [0, 0.1) is 12.7 Å². The van der Waals surface area contributed by atoms with Gasteiger partial charge < -0.3 is 19.5 Å². The fourth-order valence-electron chi connectivity index (χ4n) is 4.25. The van der Waals surface area contributed by atoms with E-state index >= 15 is 0 Å². The van der Waals surface area contributed by atoms with Gasteiger partial charge in [-0.1, -0.05) is 36.4 Å². The summed E-state index contributed by atoms with van der Waals surface area (Å²) in [4.78, 5) is 0. The molecule has 2 unspecified atom stereocenters. The molecule has 4 rings (SSSR count). The van der Waals surface area contributed by atoms with Crippen molar-refractivity contribution in [1.82, 2.24) is 0 Å². The second-order valence-corrected chi connectivity index (χ2v) is 8.97. The van der Waals surface area contributed by atoms with Gasteiger partial charge in [0.05, 0.1) is 6.61 Å². The Morgan fingerprint density at radius 3 is 2.48 bits per heavy atom. The molecule has 1 heterocycles. The Bertz CT molecular complexity index is 1080. The van der Waals surface area contributed by atoms with Gasteiger partial charge in [-0.3, -0.25) is 0 Å². The predicted octanol–water partition coefficient (Wildman–Crippen LogP) is 6.58. The van der Waals surface area contributed by atoms with Crippen LogP contribution in [0.15, 0.2) is 66.7 Å². The van der Waals surface area contributed by atoms with E-state index in [2.05, 4.69) is 30.4 Å². The standard InChI is InChI=1S/C28H32FNO3/c1-5-31-26-24-16-23(30-17-20-10-12-22(29)13-11-20)14-15-25(24)33-28(3,4)27(26)32-18-21-9-7-6-8-19(21)2/h6-16,26-27,30H,5,17-18H2,1-4H3. The van der Waals surface area contributed by atoms with Crippen molar-refractivity contribution < 1.29 is 18.6 Å². The van der Waals surface area contributed by atoms with Crippen LogP contribution < -0.4 is 10.1 Å². The summed E-state index contributed by atoms with van der Waals surface area (Å²) in [6.45, 7) is 9.84. The zero-order valence-electron chi connectivity index (χ0n) is 19.7. The normalized spacial score (nSPS) is 18.9. The Morgan fingerprint density at radius 1 is 1.00 bits per heavy atom. The maximum atomic E-state index is 13.2. The average molecular weight is 450 g/mol. The minimum Gasteiger partial charge on any atom is -0.485 e. The van der Waals surface area contributed by atoms with Crippen LogP contribution in [0.25, 0.3) is 0 Å². The van der Waals surface area contributed by atoms with Crippen LogP contribution in [0.2, 0.25) is 0 Å². The molecule has 4 nitrogen and oxygen atoms in total. The molecule has 2 atom stereocenters. The highest BCUT2D eigenvalue weighted by atomic mass is 19.1. The third-order valence-electron chi connectivity index (χ3n) is 6.09. The van der Waals surface area contributed by atoms with Crippen molar-refractivity contribution in [3.05, 3.63) is 94.8 Å². The summed E-state index contributed by atoms with van der Waals surface area (Å²) in [5.74, 6) is 0.574. The van der Waals surface area contributed by atoms with Crippen molar-refractivity contribution in [2.45, 2.75) is 58.7 Å². The van der Waals surface area contributed by atoms with Gasteiger partial charge in [-0.15, -0.1) is 0 Å². The van der Waals surface area contributed by atoms with E-state index in [-0.39, 0.29) is 18.0 Å². The molecule has 0 saturated heterocycles. The van der Waals surface area contributed by atoms with Crippen LogP contribution in [0.4, 0.5) is 10.1 Å². The molecule has 0 saturated carbocycles. The van der Waals surface area contributed by atoms with E-state index in [0.29, 0.717) is 19.8 Å². The molecular formula is C28H32FNO3. The molecule has 1 aliphatic rings. The summed E-state index contributed by atoms with van der Waals surface area (Å²) < 4.78 is 32.3. The van der Waals surface area contributed by atoms with Gasteiger partial charge in [-0.2, -0.15) is 0 Å². The van der Waals surface area contributed by atoms with Gasteiger partial charge in [0, 0.05) is 24.4 Å². The first kappa shape index (κ1) is 23.3. The molecule has 1 aliphatic heterocycles. The summed E-state index contributed by atoms with van der Waals surface area (Å²) in [5, 5.41) is 3.42. The van der Waals surface area contributed by atoms with Gasteiger partial charge in [0.15, 0.2) is 0 Å². The van der Waals surface area contributed by atoms with Crippen molar-refractivity contribution in [2.75, 3.05) is 11.9 Å². The lowest BCUT2D eigenvalue weighted by atomic mass is 9.87. The number of rotatable bonds is 8. The minimum atomic E-state index is -0.557. The Kier molecular flexibility index (Phi) is 7.01. The number of aryl methyl sites for hydroxylation is 1. The molecule has 0 amide bonds. The molecule has 0 fully saturated rings. The van der Waals surface area contributed by atoms with Crippen LogP contribution in [0.1, 0.15) is 49.1 Å². The second-order valence-electron chi connectivity index (χ2n) is 8.97. The third kappa shape index (κ3) is 5.37. The molecule has 3 aromatic carbocycles. The average Bonchev–Trinajstić information content (AvgIpc) is 2.79.